The topological polar surface area (TPSA) is 98.7 Å². The lowest BCUT2D eigenvalue weighted by Gasteiger charge is -2.40. The smallest absolute Gasteiger partial charge is 0.416 e. The monoisotopic (exact) mass is 531 g/mol. The van der Waals surface area contributed by atoms with Gasteiger partial charge in [0, 0.05) is 24.2 Å². The Labute approximate surface area is 207 Å². The van der Waals surface area contributed by atoms with Gasteiger partial charge in [0.25, 0.3) is 5.91 Å². The number of carbonyl (C=O) groups is 3. The Kier molecular flexibility index (Phi) is 8.34. The summed E-state index contributed by atoms with van der Waals surface area (Å²) in [6.07, 6.45) is -11.0. The van der Waals surface area contributed by atoms with Crippen molar-refractivity contribution in [2.24, 2.45) is 0 Å². The minimum Gasteiger partial charge on any atom is -0.465 e. The molecule has 1 aliphatic rings. The molecular formula is C24H23F6N3O4. The highest BCUT2D eigenvalue weighted by Crippen LogP contribution is 2.37. The number of alkyl halides is 6. The first-order valence-corrected chi connectivity index (χ1v) is 11.1. The van der Waals surface area contributed by atoms with E-state index in [2.05, 4.69) is 5.32 Å². The van der Waals surface area contributed by atoms with Crippen molar-refractivity contribution in [1.29, 1.82) is 0 Å². The standard InChI is InChI=1S/C24H23F6N3O4/c25-23(26,27)16-9-15(10-17(11-16)24(28,29)30)21(35)33-7-6-18(32-20(34)13-31-22(36)37)12-19(33)8-14-4-2-1-3-5-14/h1-5,9-11,18-19,31H,6-8,12-13H2,(H,32,34)(H,36,37)/t18-,19+/m0/s1. The molecule has 13 heteroatoms. The molecule has 0 spiro atoms. The van der Waals surface area contributed by atoms with Crippen LogP contribution in [-0.2, 0) is 23.6 Å². The van der Waals surface area contributed by atoms with E-state index in [1.54, 1.807) is 30.3 Å². The van der Waals surface area contributed by atoms with Gasteiger partial charge in [0.2, 0.25) is 5.91 Å². The van der Waals surface area contributed by atoms with E-state index in [1.807, 2.05) is 5.32 Å². The second kappa shape index (κ2) is 11.1. The Hall–Kier alpha value is -3.77. The Morgan fingerprint density at radius 3 is 2.08 bits per heavy atom. The van der Waals surface area contributed by atoms with Crippen molar-refractivity contribution in [3.05, 3.63) is 70.8 Å². The number of carboxylic acid groups (broad SMARTS) is 1. The van der Waals surface area contributed by atoms with E-state index in [-0.39, 0.29) is 31.9 Å². The Morgan fingerprint density at radius 2 is 1.54 bits per heavy atom. The number of halogens is 6. The van der Waals surface area contributed by atoms with Crippen LogP contribution < -0.4 is 10.6 Å². The van der Waals surface area contributed by atoms with Gasteiger partial charge in [-0.05, 0) is 43.0 Å². The van der Waals surface area contributed by atoms with Crippen molar-refractivity contribution in [2.45, 2.75) is 43.7 Å². The minimum atomic E-state index is -5.10. The van der Waals surface area contributed by atoms with Gasteiger partial charge in [-0.3, -0.25) is 9.59 Å². The first-order valence-electron chi connectivity index (χ1n) is 11.1. The normalized spacial score (nSPS) is 18.3. The van der Waals surface area contributed by atoms with Crippen molar-refractivity contribution in [1.82, 2.24) is 15.5 Å². The van der Waals surface area contributed by atoms with Crippen LogP contribution in [0.1, 0.15) is 39.9 Å². The quantitative estimate of drug-likeness (QED) is 0.484. The molecule has 3 N–H and O–H groups in total. The number of hydrogen-bond donors (Lipinski definition) is 3. The molecule has 0 saturated carbocycles. The van der Waals surface area contributed by atoms with Gasteiger partial charge in [-0.1, -0.05) is 30.3 Å². The van der Waals surface area contributed by atoms with Crippen LogP contribution in [0.25, 0.3) is 0 Å². The van der Waals surface area contributed by atoms with Gasteiger partial charge < -0.3 is 20.6 Å². The summed E-state index contributed by atoms with van der Waals surface area (Å²) in [4.78, 5) is 37.2. The van der Waals surface area contributed by atoms with E-state index in [9.17, 15) is 40.7 Å². The molecule has 1 heterocycles. The average molecular weight is 531 g/mol. The molecular weight excluding hydrogens is 508 g/mol. The summed E-state index contributed by atoms with van der Waals surface area (Å²) in [6, 6.07) is 8.37. The van der Waals surface area contributed by atoms with Crippen LogP contribution in [0, 0.1) is 0 Å². The second-order valence-electron chi connectivity index (χ2n) is 8.58. The lowest BCUT2D eigenvalue weighted by molar-refractivity contribution is -0.143. The lowest BCUT2D eigenvalue weighted by Crippen LogP contribution is -2.53. The van der Waals surface area contributed by atoms with Crippen LogP contribution in [0.5, 0.6) is 0 Å². The molecule has 1 aliphatic heterocycles. The summed E-state index contributed by atoms with van der Waals surface area (Å²) in [5.74, 6) is -1.60. The summed E-state index contributed by atoms with van der Waals surface area (Å²) in [6.45, 7) is -0.548. The molecule has 0 bridgehead atoms. The third kappa shape index (κ3) is 7.61. The van der Waals surface area contributed by atoms with Gasteiger partial charge >= 0.3 is 18.4 Å². The van der Waals surface area contributed by atoms with Gasteiger partial charge in [0.1, 0.15) is 0 Å². The van der Waals surface area contributed by atoms with Crippen LogP contribution >= 0.6 is 0 Å². The predicted octanol–water partition coefficient (Wildman–Crippen LogP) is 4.32. The van der Waals surface area contributed by atoms with Crippen LogP contribution in [0.15, 0.2) is 48.5 Å². The molecule has 7 nitrogen and oxygen atoms in total. The highest BCUT2D eigenvalue weighted by molar-refractivity contribution is 5.95. The molecule has 0 aliphatic carbocycles. The number of carbonyl (C=O) groups excluding carboxylic acids is 2. The summed E-state index contributed by atoms with van der Waals surface area (Å²) in [7, 11) is 0. The van der Waals surface area contributed by atoms with Gasteiger partial charge in [-0.15, -0.1) is 0 Å². The maximum Gasteiger partial charge on any atom is 0.416 e. The van der Waals surface area contributed by atoms with Gasteiger partial charge in [0.15, 0.2) is 0 Å². The second-order valence-corrected chi connectivity index (χ2v) is 8.58. The molecule has 2 aromatic rings. The van der Waals surface area contributed by atoms with Crippen LogP contribution in [-0.4, -0.2) is 53.1 Å². The Bertz CT molecular complexity index is 1110. The molecule has 3 amide bonds. The van der Waals surface area contributed by atoms with Crippen molar-refractivity contribution in [2.75, 3.05) is 13.1 Å². The third-order valence-corrected chi connectivity index (χ3v) is 5.89. The first kappa shape index (κ1) is 27.8. The van der Waals surface area contributed by atoms with E-state index in [0.29, 0.717) is 12.1 Å². The number of amides is 3. The minimum absolute atomic E-state index is 0.0365. The van der Waals surface area contributed by atoms with Crippen molar-refractivity contribution in [3.8, 4) is 0 Å². The van der Waals surface area contributed by atoms with Gasteiger partial charge in [-0.2, -0.15) is 26.3 Å². The molecule has 3 rings (SSSR count). The van der Waals surface area contributed by atoms with E-state index in [0.717, 1.165) is 5.56 Å². The number of nitrogens with zero attached hydrogens (tertiary/aromatic N) is 1. The van der Waals surface area contributed by atoms with E-state index in [4.69, 9.17) is 5.11 Å². The highest BCUT2D eigenvalue weighted by atomic mass is 19.4. The Morgan fingerprint density at radius 1 is 0.946 bits per heavy atom. The SMILES string of the molecule is O=C(O)NCC(=O)N[C@H]1CCN(C(=O)c2cc(C(F)(F)F)cc(C(F)(F)F)c2)[C@H](Cc2ccccc2)C1. The largest absolute Gasteiger partial charge is 0.465 e. The molecule has 200 valence electrons. The zero-order valence-corrected chi connectivity index (χ0v) is 19.2. The van der Waals surface area contributed by atoms with Gasteiger partial charge in [-0.25, -0.2) is 4.79 Å². The van der Waals surface area contributed by atoms with E-state index < -0.39 is 65.6 Å². The number of hydrogen-bond acceptors (Lipinski definition) is 3. The number of rotatable bonds is 6. The number of benzene rings is 2. The summed E-state index contributed by atoms with van der Waals surface area (Å²) in [5, 5.41) is 13.2. The number of piperidine rings is 1. The average Bonchev–Trinajstić information content (AvgIpc) is 2.82. The predicted molar refractivity (Wildman–Crippen MR) is 119 cm³/mol. The van der Waals surface area contributed by atoms with Crippen molar-refractivity contribution < 1.29 is 45.8 Å². The number of likely N-dealkylation sites (tertiary alicyclic amines) is 1. The van der Waals surface area contributed by atoms with Crippen LogP contribution in [0.2, 0.25) is 0 Å². The molecule has 2 atom stereocenters. The van der Waals surface area contributed by atoms with Gasteiger partial charge in [0.05, 0.1) is 17.7 Å². The maximum absolute atomic E-state index is 13.3. The zero-order chi connectivity index (χ0) is 27.4. The molecule has 0 radical (unpaired) electrons. The van der Waals surface area contributed by atoms with Crippen molar-refractivity contribution >= 4 is 17.9 Å². The highest BCUT2D eigenvalue weighted by Gasteiger charge is 2.39. The number of nitrogens with one attached hydrogen (secondary N) is 2. The third-order valence-electron chi connectivity index (χ3n) is 5.89. The summed E-state index contributed by atoms with van der Waals surface area (Å²) in [5.41, 5.74) is -3.14. The molecule has 1 saturated heterocycles. The fourth-order valence-electron chi connectivity index (χ4n) is 4.21. The molecule has 37 heavy (non-hydrogen) atoms. The lowest BCUT2D eigenvalue weighted by atomic mass is 9.91. The van der Waals surface area contributed by atoms with E-state index in [1.165, 1.54) is 4.90 Å². The molecule has 2 aromatic carbocycles. The fourth-order valence-corrected chi connectivity index (χ4v) is 4.21. The molecule has 0 aromatic heterocycles. The maximum atomic E-state index is 13.3. The van der Waals surface area contributed by atoms with Crippen LogP contribution in [0.3, 0.4) is 0 Å². The summed E-state index contributed by atoms with van der Waals surface area (Å²) >= 11 is 0. The first-order chi connectivity index (χ1) is 17.2. The molecule has 1 fully saturated rings. The fraction of sp³-hybridized carbons (Fsp3) is 0.375. The van der Waals surface area contributed by atoms with E-state index >= 15 is 0 Å². The zero-order valence-electron chi connectivity index (χ0n) is 19.2. The van der Waals surface area contributed by atoms with Crippen molar-refractivity contribution in [3.63, 3.8) is 0 Å². The Balaban J connectivity index is 1.89. The summed E-state index contributed by atoms with van der Waals surface area (Å²) < 4.78 is 79.9. The molecule has 0 unspecified atom stereocenters. The van der Waals surface area contributed by atoms with Crippen LogP contribution in [0.4, 0.5) is 31.1 Å².